The number of aromatic nitrogens is 3. The van der Waals surface area contributed by atoms with Crippen LogP contribution in [0.2, 0.25) is 0 Å². The molecule has 1 aliphatic rings. The van der Waals surface area contributed by atoms with Gasteiger partial charge in [0.1, 0.15) is 0 Å². The van der Waals surface area contributed by atoms with Crippen LogP contribution in [0.3, 0.4) is 0 Å². The maximum Gasteiger partial charge on any atom is 0.251 e. The van der Waals surface area contributed by atoms with Crippen molar-refractivity contribution in [2.45, 2.75) is 32.0 Å². The summed E-state index contributed by atoms with van der Waals surface area (Å²) in [7, 11) is 3.95. The lowest BCUT2D eigenvalue weighted by atomic mass is 10.0. The second-order valence-electron chi connectivity index (χ2n) is 8.43. The maximum absolute atomic E-state index is 12.7. The largest absolute Gasteiger partial charge is 0.342 e. The number of hydrogen-bond donors (Lipinski definition) is 1. The summed E-state index contributed by atoms with van der Waals surface area (Å²) in [5.74, 6) is 1.13. The minimum atomic E-state index is -0.283. The molecule has 1 aromatic carbocycles. The van der Waals surface area contributed by atoms with Crippen LogP contribution in [0.25, 0.3) is 0 Å². The molecule has 3 rings (SSSR count). The predicted molar refractivity (Wildman–Crippen MR) is 122 cm³/mol. The van der Waals surface area contributed by atoms with E-state index >= 15 is 0 Å². The van der Waals surface area contributed by atoms with Crippen LogP contribution in [0.5, 0.6) is 0 Å². The van der Waals surface area contributed by atoms with Gasteiger partial charge in [-0.25, -0.2) is 0 Å². The molecular formula is C22H32N6O2S. The number of likely N-dealkylation sites (N-methyl/N-ethyl adjacent to an activating group) is 1. The van der Waals surface area contributed by atoms with Gasteiger partial charge >= 0.3 is 0 Å². The quantitative estimate of drug-likeness (QED) is 0.659. The number of carbonyl (C=O) groups is 2. The molecule has 1 aliphatic heterocycles. The van der Waals surface area contributed by atoms with E-state index < -0.39 is 0 Å². The Kier molecular flexibility index (Phi) is 7.72. The summed E-state index contributed by atoms with van der Waals surface area (Å²) in [6, 6.07) is 7.21. The Bertz CT molecular complexity index is 903. The third-order valence-electron chi connectivity index (χ3n) is 5.59. The lowest BCUT2D eigenvalue weighted by Crippen LogP contribution is -2.47. The van der Waals surface area contributed by atoms with Crippen molar-refractivity contribution in [1.29, 1.82) is 0 Å². The third-order valence-corrected chi connectivity index (χ3v) is 6.60. The van der Waals surface area contributed by atoms with E-state index in [0.717, 1.165) is 31.7 Å². The van der Waals surface area contributed by atoms with Gasteiger partial charge in [-0.1, -0.05) is 43.3 Å². The summed E-state index contributed by atoms with van der Waals surface area (Å²) in [5, 5.41) is 12.4. The molecule has 9 heteroatoms. The zero-order chi connectivity index (χ0) is 22.5. The highest BCUT2D eigenvalue weighted by Crippen LogP contribution is 2.24. The lowest BCUT2D eigenvalue weighted by molar-refractivity contribution is -0.129. The Morgan fingerprint density at radius 2 is 1.71 bits per heavy atom. The first-order chi connectivity index (χ1) is 14.8. The summed E-state index contributed by atoms with van der Waals surface area (Å²) in [6.45, 7) is 9.41. The molecular weight excluding hydrogens is 412 g/mol. The fraction of sp³-hybridized carbons (Fsp3) is 0.545. The van der Waals surface area contributed by atoms with Crippen LogP contribution in [-0.4, -0.2) is 75.4 Å². The summed E-state index contributed by atoms with van der Waals surface area (Å²) in [5.41, 5.74) is 1.73. The average molecular weight is 445 g/mol. The highest BCUT2D eigenvalue weighted by molar-refractivity contribution is 7.99. The van der Waals surface area contributed by atoms with Gasteiger partial charge in [-0.15, -0.1) is 10.2 Å². The molecule has 0 spiro atoms. The molecule has 0 aliphatic carbocycles. The fourth-order valence-corrected chi connectivity index (χ4v) is 4.28. The lowest BCUT2D eigenvalue weighted by Gasteiger charge is -2.32. The van der Waals surface area contributed by atoms with Crippen molar-refractivity contribution in [1.82, 2.24) is 29.9 Å². The first kappa shape index (κ1) is 23.3. The molecule has 168 valence electrons. The molecule has 2 amide bonds. The first-order valence-electron chi connectivity index (χ1n) is 10.6. The molecule has 0 radical (unpaired) electrons. The van der Waals surface area contributed by atoms with E-state index in [4.69, 9.17) is 0 Å². The van der Waals surface area contributed by atoms with Gasteiger partial charge in [-0.2, -0.15) is 0 Å². The van der Waals surface area contributed by atoms with Gasteiger partial charge in [0, 0.05) is 38.8 Å². The van der Waals surface area contributed by atoms with Gasteiger partial charge in [0.2, 0.25) is 5.91 Å². The summed E-state index contributed by atoms with van der Waals surface area (Å²) >= 11 is 1.39. The Labute approximate surface area is 188 Å². The summed E-state index contributed by atoms with van der Waals surface area (Å²) < 4.78 is 1.88. The van der Waals surface area contributed by atoms with Gasteiger partial charge in [0.15, 0.2) is 11.0 Å². The SMILES string of the molecule is Cc1ccc(C(=O)NC(c2nnc(SCC(=O)N3CCN(C)CC3)n2C)C(C)C)cc1. The predicted octanol–water partition coefficient (Wildman–Crippen LogP) is 2.12. The van der Waals surface area contributed by atoms with Crippen molar-refractivity contribution in [3.05, 3.63) is 41.2 Å². The van der Waals surface area contributed by atoms with E-state index in [1.807, 2.05) is 61.6 Å². The number of piperazine rings is 1. The molecule has 1 fully saturated rings. The standard InChI is InChI=1S/C22H32N6O2S/c1-15(2)19(23-21(30)17-8-6-16(3)7-9-17)20-24-25-22(27(20)5)31-14-18(29)28-12-10-26(4)11-13-28/h6-9,15,19H,10-14H2,1-5H3,(H,23,30). The Balaban J connectivity index is 1.65. The van der Waals surface area contributed by atoms with E-state index in [-0.39, 0.29) is 23.8 Å². The number of nitrogens with one attached hydrogen (secondary N) is 1. The molecule has 1 unspecified atom stereocenters. The van der Waals surface area contributed by atoms with E-state index in [1.54, 1.807) is 0 Å². The van der Waals surface area contributed by atoms with Crippen molar-refractivity contribution in [3.8, 4) is 0 Å². The summed E-state index contributed by atoms with van der Waals surface area (Å²) in [4.78, 5) is 29.4. The van der Waals surface area contributed by atoms with Gasteiger partial charge in [-0.3, -0.25) is 9.59 Å². The average Bonchev–Trinajstić information content (AvgIpc) is 3.11. The van der Waals surface area contributed by atoms with Crippen molar-refractivity contribution in [3.63, 3.8) is 0 Å². The molecule has 2 heterocycles. The van der Waals surface area contributed by atoms with Gasteiger partial charge in [-0.05, 0) is 32.0 Å². The number of rotatable bonds is 7. The van der Waals surface area contributed by atoms with E-state index in [1.165, 1.54) is 11.8 Å². The van der Waals surface area contributed by atoms with Crippen molar-refractivity contribution < 1.29 is 9.59 Å². The number of thioether (sulfide) groups is 1. The number of carbonyl (C=O) groups excluding carboxylic acids is 2. The minimum absolute atomic E-state index is 0.121. The van der Waals surface area contributed by atoms with Crippen LogP contribution in [0.15, 0.2) is 29.4 Å². The fourth-order valence-electron chi connectivity index (χ4n) is 3.45. The minimum Gasteiger partial charge on any atom is -0.342 e. The molecule has 8 nitrogen and oxygen atoms in total. The zero-order valence-electron chi connectivity index (χ0n) is 19.0. The normalized spacial score (nSPS) is 15.9. The molecule has 1 N–H and O–H groups in total. The van der Waals surface area contributed by atoms with Crippen LogP contribution in [0.4, 0.5) is 0 Å². The van der Waals surface area contributed by atoms with E-state index in [9.17, 15) is 9.59 Å². The van der Waals surface area contributed by atoms with Gasteiger partial charge < -0.3 is 19.7 Å². The number of benzene rings is 1. The van der Waals surface area contributed by atoms with E-state index in [0.29, 0.717) is 22.3 Å². The number of amides is 2. The highest BCUT2D eigenvalue weighted by Gasteiger charge is 2.26. The molecule has 0 saturated carbocycles. The number of nitrogens with zero attached hydrogens (tertiary/aromatic N) is 5. The second kappa shape index (κ2) is 10.3. The van der Waals surface area contributed by atoms with Crippen LogP contribution < -0.4 is 5.32 Å². The van der Waals surface area contributed by atoms with Crippen LogP contribution in [0.1, 0.15) is 41.6 Å². The maximum atomic E-state index is 12.7. The van der Waals surface area contributed by atoms with Gasteiger partial charge in [0.25, 0.3) is 5.91 Å². The van der Waals surface area contributed by atoms with Crippen molar-refractivity contribution in [2.24, 2.45) is 13.0 Å². The van der Waals surface area contributed by atoms with Gasteiger partial charge in [0.05, 0.1) is 11.8 Å². The first-order valence-corrected chi connectivity index (χ1v) is 11.6. The van der Waals surface area contributed by atoms with Crippen LogP contribution in [-0.2, 0) is 11.8 Å². The number of hydrogen-bond acceptors (Lipinski definition) is 6. The highest BCUT2D eigenvalue weighted by atomic mass is 32.2. The second-order valence-corrected chi connectivity index (χ2v) is 9.38. The topological polar surface area (TPSA) is 83.4 Å². The van der Waals surface area contributed by atoms with E-state index in [2.05, 4.69) is 27.5 Å². The molecule has 0 bridgehead atoms. The molecule has 1 saturated heterocycles. The number of aryl methyl sites for hydroxylation is 1. The van der Waals surface area contributed by atoms with Crippen LogP contribution >= 0.6 is 11.8 Å². The monoisotopic (exact) mass is 444 g/mol. The van der Waals surface area contributed by atoms with Crippen molar-refractivity contribution in [2.75, 3.05) is 39.0 Å². The Hall–Kier alpha value is -2.39. The summed E-state index contributed by atoms with van der Waals surface area (Å²) in [6.07, 6.45) is 0. The molecule has 31 heavy (non-hydrogen) atoms. The Morgan fingerprint density at radius 3 is 2.32 bits per heavy atom. The van der Waals surface area contributed by atoms with Crippen molar-refractivity contribution >= 4 is 23.6 Å². The molecule has 1 aromatic heterocycles. The van der Waals surface area contributed by atoms with Crippen LogP contribution in [0, 0.1) is 12.8 Å². The molecule has 2 aromatic rings. The zero-order valence-corrected chi connectivity index (χ0v) is 19.8. The smallest absolute Gasteiger partial charge is 0.251 e. The Morgan fingerprint density at radius 1 is 1.06 bits per heavy atom. The molecule has 1 atom stereocenters. The third kappa shape index (κ3) is 5.86.